The number of rotatable bonds is 2. The van der Waals surface area contributed by atoms with Crippen molar-refractivity contribution in [2.24, 2.45) is 0 Å². The number of likely N-dealkylation sites (N-methyl/N-ethyl adjacent to an activating group) is 1. The molecule has 1 fully saturated rings. The second kappa shape index (κ2) is 4.97. The highest BCUT2D eigenvalue weighted by Gasteiger charge is 2.48. The number of nitriles is 1. The van der Waals surface area contributed by atoms with Crippen LogP contribution in [0.25, 0.3) is 0 Å². The van der Waals surface area contributed by atoms with Crippen molar-refractivity contribution in [3.05, 3.63) is 0 Å². The molecule has 0 aromatic heterocycles. The second-order valence-electron chi connectivity index (χ2n) is 3.67. The van der Waals surface area contributed by atoms with Crippen LogP contribution in [0.5, 0.6) is 0 Å². The van der Waals surface area contributed by atoms with Gasteiger partial charge in [-0.1, -0.05) is 6.92 Å². The summed E-state index contributed by atoms with van der Waals surface area (Å²) < 4.78 is 51.3. The highest BCUT2D eigenvalue weighted by Crippen LogP contribution is 2.29. The fourth-order valence-electron chi connectivity index (χ4n) is 1.79. The van der Waals surface area contributed by atoms with E-state index in [2.05, 4.69) is 0 Å². The van der Waals surface area contributed by atoms with E-state index in [9.17, 15) is 17.6 Å². The van der Waals surface area contributed by atoms with Gasteiger partial charge in [0, 0.05) is 13.1 Å². The van der Waals surface area contributed by atoms with E-state index in [4.69, 9.17) is 5.26 Å². The minimum absolute atomic E-state index is 0.230. The van der Waals surface area contributed by atoms with Crippen LogP contribution < -0.4 is 0 Å². The molecule has 1 rings (SSSR count). The molecule has 1 aliphatic heterocycles. The minimum atomic E-state index is -4.43. The first-order valence-electron chi connectivity index (χ1n) is 4.96. The minimum Gasteiger partial charge on any atom is -0.274 e. The zero-order valence-electron chi connectivity index (χ0n) is 8.84. The zero-order chi connectivity index (χ0) is 12.3. The lowest BCUT2D eigenvalue weighted by Crippen LogP contribution is -2.61. The van der Waals surface area contributed by atoms with Gasteiger partial charge in [-0.15, -0.1) is 0 Å². The summed E-state index contributed by atoms with van der Waals surface area (Å²) in [5, 5.41) is 8.42. The summed E-state index contributed by atoms with van der Waals surface area (Å²) in [4.78, 5) is 1.98. The largest absolute Gasteiger partial charge is 0.405 e. The third kappa shape index (κ3) is 2.83. The Balaban J connectivity index is 2.80. The maximum atomic E-state index is 13.4. The zero-order valence-corrected chi connectivity index (χ0v) is 8.84. The lowest BCUT2D eigenvalue weighted by Gasteiger charge is -2.42. The molecular formula is C9H13F4N3. The fourth-order valence-corrected chi connectivity index (χ4v) is 1.79. The first kappa shape index (κ1) is 13.2. The highest BCUT2D eigenvalue weighted by molar-refractivity contribution is 4.92. The third-order valence-corrected chi connectivity index (χ3v) is 2.69. The molecule has 0 aliphatic carbocycles. The van der Waals surface area contributed by atoms with Gasteiger partial charge in [0.25, 0.3) is 0 Å². The van der Waals surface area contributed by atoms with E-state index in [1.54, 1.807) is 13.0 Å². The molecule has 0 radical (unpaired) electrons. The molecule has 0 amide bonds. The molecule has 0 spiro atoms. The van der Waals surface area contributed by atoms with Gasteiger partial charge in [-0.3, -0.25) is 9.80 Å². The van der Waals surface area contributed by atoms with Crippen LogP contribution in [0.4, 0.5) is 17.6 Å². The van der Waals surface area contributed by atoms with E-state index in [1.165, 1.54) is 0 Å². The van der Waals surface area contributed by atoms with Crippen LogP contribution in [0.15, 0.2) is 0 Å². The van der Waals surface area contributed by atoms with E-state index >= 15 is 0 Å². The van der Waals surface area contributed by atoms with Crippen molar-refractivity contribution >= 4 is 0 Å². The van der Waals surface area contributed by atoms with Crippen molar-refractivity contribution in [3.8, 4) is 6.07 Å². The Hall–Kier alpha value is -0.870. The SMILES string of the molecule is CCN1CC(C(F)(F)F)N(CC#N)CC1F. The maximum absolute atomic E-state index is 13.4. The van der Waals surface area contributed by atoms with E-state index < -0.39 is 31.6 Å². The molecule has 7 heteroatoms. The number of halogens is 4. The standard InChI is InChI=1S/C9H13F4N3/c1-2-15-5-7(9(11,12)13)16(4-3-14)6-8(15)10/h7-8H,2,4-6H2,1H3. The molecule has 0 aromatic rings. The molecule has 0 aromatic carbocycles. The molecule has 0 saturated carbocycles. The van der Waals surface area contributed by atoms with E-state index in [1.807, 2.05) is 0 Å². The first-order valence-corrected chi connectivity index (χ1v) is 4.96. The van der Waals surface area contributed by atoms with Crippen LogP contribution in [0.2, 0.25) is 0 Å². The van der Waals surface area contributed by atoms with Crippen molar-refractivity contribution < 1.29 is 17.6 Å². The maximum Gasteiger partial charge on any atom is 0.405 e. The summed E-state index contributed by atoms with van der Waals surface area (Å²) in [6, 6.07) is -0.117. The Morgan fingerprint density at radius 2 is 1.94 bits per heavy atom. The van der Waals surface area contributed by atoms with Crippen molar-refractivity contribution in [2.45, 2.75) is 25.4 Å². The van der Waals surface area contributed by atoms with Gasteiger partial charge in [-0.05, 0) is 6.54 Å². The quantitative estimate of drug-likeness (QED) is 0.414. The molecule has 3 nitrogen and oxygen atoms in total. The van der Waals surface area contributed by atoms with Crippen LogP contribution in [-0.2, 0) is 0 Å². The van der Waals surface area contributed by atoms with Crippen molar-refractivity contribution in [3.63, 3.8) is 0 Å². The number of piperazine rings is 1. The van der Waals surface area contributed by atoms with Crippen LogP contribution >= 0.6 is 0 Å². The van der Waals surface area contributed by atoms with Crippen LogP contribution in [0.1, 0.15) is 6.92 Å². The summed E-state index contributed by atoms with van der Waals surface area (Å²) in [6.45, 7) is 0.657. The van der Waals surface area contributed by atoms with Gasteiger partial charge in [0.1, 0.15) is 6.04 Å². The van der Waals surface area contributed by atoms with Gasteiger partial charge in [0.15, 0.2) is 6.30 Å². The molecule has 0 bridgehead atoms. The van der Waals surface area contributed by atoms with Gasteiger partial charge in [0.05, 0.1) is 12.6 Å². The molecule has 1 heterocycles. The molecule has 1 aliphatic rings. The average molecular weight is 239 g/mol. The smallest absolute Gasteiger partial charge is 0.274 e. The predicted molar refractivity (Wildman–Crippen MR) is 49.2 cm³/mol. The summed E-state index contributed by atoms with van der Waals surface area (Å²) in [6.07, 6.45) is -5.86. The monoisotopic (exact) mass is 239 g/mol. The van der Waals surface area contributed by atoms with Gasteiger partial charge in [-0.2, -0.15) is 18.4 Å². The summed E-state index contributed by atoms with van der Waals surface area (Å²) in [7, 11) is 0. The molecule has 0 N–H and O–H groups in total. The molecule has 16 heavy (non-hydrogen) atoms. The normalized spacial score (nSPS) is 29.0. The van der Waals surface area contributed by atoms with Gasteiger partial charge in [-0.25, -0.2) is 4.39 Å². The fraction of sp³-hybridized carbons (Fsp3) is 0.889. The third-order valence-electron chi connectivity index (χ3n) is 2.69. The van der Waals surface area contributed by atoms with Crippen molar-refractivity contribution in [1.29, 1.82) is 5.26 Å². The summed E-state index contributed by atoms with van der Waals surface area (Å²) in [5.41, 5.74) is 0. The lowest BCUT2D eigenvalue weighted by atomic mass is 10.1. The Labute approximate surface area is 91.2 Å². The first-order chi connectivity index (χ1) is 7.40. The van der Waals surface area contributed by atoms with Crippen LogP contribution in [-0.4, -0.2) is 54.5 Å². The van der Waals surface area contributed by atoms with Crippen molar-refractivity contribution in [2.75, 3.05) is 26.2 Å². The predicted octanol–water partition coefficient (Wildman–Crippen LogP) is 1.37. The molecule has 2 unspecified atom stereocenters. The summed E-state index contributed by atoms with van der Waals surface area (Å²) in [5.74, 6) is 0. The number of alkyl halides is 4. The molecular weight excluding hydrogens is 226 g/mol. The second-order valence-corrected chi connectivity index (χ2v) is 3.67. The average Bonchev–Trinajstić information content (AvgIpc) is 2.16. The molecule has 2 atom stereocenters. The van der Waals surface area contributed by atoms with Gasteiger partial charge >= 0.3 is 6.18 Å². The number of nitrogens with zero attached hydrogens (tertiary/aromatic N) is 3. The van der Waals surface area contributed by atoms with Gasteiger partial charge in [0.2, 0.25) is 0 Å². The summed E-state index contributed by atoms with van der Waals surface area (Å²) >= 11 is 0. The molecule has 92 valence electrons. The highest BCUT2D eigenvalue weighted by atomic mass is 19.4. The van der Waals surface area contributed by atoms with E-state index in [0.29, 0.717) is 0 Å². The Morgan fingerprint density at radius 3 is 2.38 bits per heavy atom. The van der Waals surface area contributed by atoms with Crippen LogP contribution in [0.3, 0.4) is 0 Å². The Kier molecular flexibility index (Phi) is 4.10. The topological polar surface area (TPSA) is 30.3 Å². The van der Waals surface area contributed by atoms with Gasteiger partial charge < -0.3 is 0 Å². The molecule has 1 saturated heterocycles. The van der Waals surface area contributed by atoms with E-state index in [-0.39, 0.29) is 13.1 Å². The Morgan fingerprint density at radius 1 is 1.31 bits per heavy atom. The Bertz CT molecular complexity index is 273. The number of hydrogen-bond donors (Lipinski definition) is 0. The van der Waals surface area contributed by atoms with Crippen LogP contribution in [0, 0.1) is 11.3 Å². The van der Waals surface area contributed by atoms with E-state index in [0.717, 1.165) is 9.80 Å². The van der Waals surface area contributed by atoms with Crippen molar-refractivity contribution in [1.82, 2.24) is 9.80 Å². The number of hydrogen-bond acceptors (Lipinski definition) is 3. The lowest BCUT2D eigenvalue weighted by molar-refractivity contribution is -0.207.